The first-order valence-electron chi connectivity index (χ1n) is 6.31. The van der Waals surface area contributed by atoms with E-state index in [0.29, 0.717) is 11.4 Å². The van der Waals surface area contributed by atoms with Gasteiger partial charge in [-0.25, -0.2) is 4.79 Å². The SMILES string of the molecule is COc1cccc(-c2nn(C(C)(C)C)cc2C(=O)O)c1. The maximum Gasteiger partial charge on any atom is 0.339 e. The lowest BCUT2D eigenvalue weighted by atomic mass is 10.1. The lowest BCUT2D eigenvalue weighted by molar-refractivity contribution is 0.0697. The van der Waals surface area contributed by atoms with Crippen molar-refractivity contribution in [2.45, 2.75) is 26.3 Å². The molecule has 5 heteroatoms. The van der Waals surface area contributed by atoms with Crippen molar-refractivity contribution < 1.29 is 14.6 Å². The lowest BCUT2D eigenvalue weighted by Crippen LogP contribution is -2.22. The summed E-state index contributed by atoms with van der Waals surface area (Å²) in [4.78, 5) is 11.4. The van der Waals surface area contributed by atoms with Gasteiger partial charge in [0, 0.05) is 11.8 Å². The molecular formula is C15H18N2O3. The smallest absolute Gasteiger partial charge is 0.339 e. The van der Waals surface area contributed by atoms with E-state index in [0.717, 1.165) is 5.56 Å². The van der Waals surface area contributed by atoms with E-state index in [9.17, 15) is 9.90 Å². The van der Waals surface area contributed by atoms with Gasteiger partial charge in [0.2, 0.25) is 0 Å². The van der Waals surface area contributed by atoms with Crippen LogP contribution in [0.25, 0.3) is 11.3 Å². The molecule has 1 heterocycles. The molecule has 0 aliphatic heterocycles. The maximum absolute atomic E-state index is 11.4. The second-order valence-corrected chi connectivity index (χ2v) is 5.54. The summed E-state index contributed by atoms with van der Waals surface area (Å²) in [7, 11) is 1.57. The van der Waals surface area contributed by atoms with Crippen LogP contribution in [-0.2, 0) is 5.54 Å². The molecule has 106 valence electrons. The van der Waals surface area contributed by atoms with Crippen LogP contribution in [0, 0.1) is 0 Å². The molecule has 0 atom stereocenters. The van der Waals surface area contributed by atoms with Gasteiger partial charge in [0.25, 0.3) is 0 Å². The molecule has 0 aliphatic carbocycles. The highest BCUT2D eigenvalue weighted by Crippen LogP contribution is 2.27. The number of rotatable bonds is 3. The molecule has 0 bridgehead atoms. The van der Waals surface area contributed by atoms with E-state index in [1.165, 1.54) is 0 Å². The van der Waals surface area contributed by atoms with E-state index in [1.807, 2.05) is 39.0 Å². The van der Waals surface area contributed by atoms with Crippen molar-refractivity contribution in [2.24, 2.45) is 0 Å². The van der Waals surface area contributed by atoms with Crippen molar-refractivity contribution in [3.05, 3.63) is 36.0 Å². The van der Waals surface area contributed by atoms with Gasteiger partial charge in [-0.05, 0) is 32.9 Å². The number of nitrogens with zero attached hydrogens (tertiary/aromatic N) is 2. The van der Waals surface area contributed by atoms with Crippen LogP contribution >= 0.6 is 0 Å². The summed E-state index contributed by atoms with van der Waals surface area (Å²) in [5, 5.41) is 13.8. The average Bonchev–Trinajstić information content (AvgIpc) is 2.84. The minimum absolute atomic E-state index is 0.188. The maximum atomic E-state index is 11.4. The molecular weight excluding hydrogens is 256 g/mol. The van der Waals surface area contributed by atoms with Gasteiger partial charge < -0.3 is 9.84 Å². The Labute approximate surface area is 117 Å². The van der Waals surface area contributed by atoms with Crippen LogP contribution in [0.3, 0.4) is 0 Å². The van der Waals surface area contributed by atoms with Gasteiger partial charge in [-0.2, -0.15) is 5.10 Å². The van der Waals surface area contributed by atoms with Crippen LogP contribution in [0.5, 0.6) is 5.75 Å². The molecule has 5 nitrogen and oxygen atoms in total. The summed E-state index contributed by atoms with van der Waals surface area (Å²) in [6.07, 6.45) is 1.57. The number of carboxylic acid groups (broad SMARTS) is 1. The summed E-state index contributed by atoms with van der Waals surface area (Å²) in [6.45, 7) is 5.92. The molecule has 0 radical (unpaired) electrons. The molecule has 2 aromatic rings. The molecule has 1 aromatic carbocycles. The Kier molecular flexibility index (Phi) is 3.53. The molecule has 0 saturated carbocycles. The minimum Gasteiger partial charge on any atom is -0.497 e. The monoisotopic (exact) mass is 274 g/mol. The molecule has 20 heavy (non-hydrogen) atoms. The van der Waals surface area contributed by atoms with Crippen molar-refractivity contribution in [1.82, 2.24) is 9.78 Å². The number of hydrogen-bond donors (Lipinski definition) is 1. The molecule has 0 unspecified atom stereocenters. The van der Waals surface area contributed by atoms with E-state index < -0.39 is 5.97 Å². The van der Waals surface area contributed by atoms with Gasteiger partial charge in [-0.3, -0.25) is 4.68 Å². The Morgan fingerprint density at radius 1 is 1.35 bits per heavy atom. The number of ether oxygens (including phenoxy) is 1. The van der Waals surface area contributed by atoms with Crippen LogP contribution < -0.4 is 4.74 Å². The van der Waals surface area contributed by atoms with Gasteiger partial charge >= 0.3 is 5.97 Å². The van der Waals surface area contributed by atoms with Crippen LogP contribution in [-0.4, -0.2) is 28.0 Å². The van der Waals surface area contributed by atoms with Gasteiger partial charge in [0.05, 0.1) is 12.6 Å². The number of methoxy groups -OCH3 is 1. The predicted molar refractivity (Wildman–Crippen MR) is 76.2 cm³/mol. The Morgan fingerprint density at radius 3 is 2.60 bits per heavy atom. The van der Waals surface area contributed by atoms with Crippen molar-refractivity contribution in [3.63, 3.8) is 0 Å². The molecule has 0 aliphatic rings. The zero-order valence-corrected chi connectivity index (χ0v) is 12.0. The number of aromatic carboxylic acids is 1. The van der Waals surface area contributed by atoms with E-state index in [4.69, 9.17) is 4.74 Å². The van der Waals surface area contributed by atoms with E-state index >= 15 is 0 Å². The van der Waals surface area contributed by atoms with Gasteiger partial charge in [0.15, 0.2) is 0 Å². The Hall–Kier alpha value is -2.30. The molecule has 1 N–H and O–H groups in total. The Bertz CT molecular complexity index is 639. The second kappa shape index (κ2) is 5.00. The molecule has 1 aromatic heterocycles. The number of carboxylic acids is 1. The first-order valence-corrected chi connectivity index (χ1v) is 6.31. The third kappa shape index (κ3) is 2.66. The molecule has 0 spiro atoms. The quantitative estimate of drug-likeness (QED) is 0.934. The molecule has 0 saturated heterocycles. The number of aromatic nitrogens is 2. The van der Waals surface area contributed by atoms with Crippen LogP contribution in [0.2, 0.25) is 0 Å². The topological polar surface area (TPSA) is 64.4 Å². The van der Waals surface area contributed by atoms with E-state index in [-0.39, 0.29) is 11.1 Å². The minimum atomic E-state index is -0.988. The fraction of sp³-hybridized carbons (Fsp3) is 0.333. The van der Waals surface area contributed by atoms with Gasteiger partial charge in [0.1, 0.15) is 17.0 Å². The highest BCUT2D eigenvalue weighted by Gasteiger charge is 2.22. The highest BCUT2D eigenvalue weighted by atomic mass is 16.5. The summed E-state index contributed by atoms with van der Waals surface area (Å²) in [5.41, 5.74) is 1.09. The predicted octanol–water partition coefficient (Wildman–Crippen LogP) is 3.01. The first-order chi connectivity index (χ1) is 9.32. The highest BCUT2D eigenvalue weighted by molar-refractivity contribution is 5.94. The summed E-state index contributed by atoms with van der Waals surface area (Å²) < 4.78 is 6.84. The van der Waals surface area contributed by atoms with E-state index in [2.05, 4.69) is 5.10 Å². The summed E-state index contributed by atoms with van der Waals surface area (Å²) in [5.74, 6) is -0.317. The van der Waals surface area contributed by atoms with Crippen molar-refractivity contribution >= 4 is 5.97 Å². The fourth-order valence-electron chi connectivity index (χ4n) is 1.86. The Balaban J connectivity index is 2.60. The standard InChI is InChI=1S/C15H18N2O3/c1-15(2,3)17-9-12(14(18)19)13(16-17)10-6-5-7-11(8-10)20-4/h5-9H,1-4H3,(H,18,19). The summed E-state index contributed by atoms with van der Waals surface area (Å²) >= 11 is 0. The van der Waals surface area contributed by atoms with Crippen LogP contribution in [0.4, 0.5) is 0 Å². The third-order valence-corrected chi connectivity index (χ3v) is 2.98. The molecule has 0 amide bonds. The van der Waals surface area contributed by atoms with Crippen molar-refractivity contribution in [3.8, 4) is 17.0 Å². The number of hydrogen-bond acceptors (Lipinski definition) is 3. The average molecular weight is 274 g/mol. The zero-order chi connectivity index (χ0) is 14.9. The zero-order valence-electron chi connectivity index (χ0n) is 12.0. The van der Waals surface area contributed by atoms with Crippen LogP contribution in [0.1, 0.15) is 31.1 Å². The van der Waals surface area contributed by atoms with Crippen LogP contribution in [0.15, 0.2) is 30.5 Å². The van der Waals surface area contributed by atoms with E-state index in [1.54, 1.807) is 24.1 Å². The fourth-order valence-corrected chi connectivity index (χ4v) is 1.86. The first kappa shape index (κ1) is 14.1. The lowest BCUT2D eigenvalue weighted by Gasteiger charge is -2.18. The molecule has 2 rings (SSSR count). The van der Waals surface area contributed by atoms with Gasteiger partial charge in [-0.1, -0.05) is 12.1 Å². The number of carbonyl (C=O) groups is 1. The third-order valence-electron chi connectivity index (χ3n) is 2.98. The van der Waals surface area contributed by atoms with Crippen molar-refractivity contribution in [1.29, 1.82) is 0 Å². The van der Waals surface area contributed by atoms with Crippen molar-refractivity contribution in [2.75, 3.05) is 7.11 Å². The molecule has 0 fully saturated rings. The normalized spacial score (nSPS) is 11.4. The second-order valence-electron chi connectivity index (χ2n) is 5.54. The number of benzene rings is 1. The largest absolute Gasteiger partial charge is 0.497 e. The summed E-state index contributed by atoms with van der Waals surface area (Å²) in [6, 6.07) is 7.23. The Morgan fingerprint density at radius 2 is 2.05 bits per heavy atom. The van der Waals surface area contributed by atoms with Gasteiger partial charge in [-0.15, -0.1) is 0 Å².